The van der Waals surface area contributed by atoms with Crippen LogP contribution in [0, 0.1) is 0 Å². The van der Waals surface area contributed by atoms with Crippen molar-refractivity contribution in [3.63, 3.8) is 0 Å². The van der Waals surface area contributed by atoms with Crippen LogP contribution in [0.1, 0.15) is 18.2 Å². The number of halogens is 1. The number of hydrogen-bond acceptors (Lipinski definition) is 3. The molecule has 0 aliphatic rings. The number of aromatic nitrogens is 1. The van der Waals surface area contributed by atoms with Gasteiger partial charge in [0.15, 0.2) is 0 Å². The molecule has 70 valence electrons. The molecule has 0 aromatic carbocycles. The van der Waals surface area contributed by atoms with Gasteiger partial charge in [-0.2, -0.15) is 4.37 Å². The second-order valence-electron chi connectivity index (χ2n) is 2.37. The van der Waals surface area contributed by atoms with E-state index in [1.807, 2.05) is 6.92 Å². The minimum absolute atomic E-state index is 0.393. The van der Waals surface area contributed by atoms with E-state index in [0.29, 0.717) is 12.0 Å². The average molecular weight is 262 g/mol. The van der Waals surface area contributed by atoms with Gasteiger partial charge >= 0.3 is 5.97 Å². The Labute approximate surface area is 88.4 Å². The Balaban J connectivity index is 2.98. The summed E-state index contributed by atoms with van der Waals surface area (Å²) in [5.41, 5.74) is 0.393. The van der Waals surface area contributed by atoms with Crippen LogP contribution in [0.25, 0.3) is 6.08 Å². The summed E-state index contributed by atoms with van der Waals surface area (Å²) in [5.74, 6) is -0.872. The van der Waals surface area contributed by atoms with E-state index in [1.165, 1.54) is 11.5 Å². The molecule has 0 aliphatic carbocycles. The van der Waals surface area contributed by atoms with E-state index < -0.39 is 5.97 Å². The Morgan fingerprint density at radius 2 is 2.54 bits per heavy atom. The first kappa shape index (κ1) is 10.4. The molecule has 1 aromatic heterocycles. The van der Waals surface area contributed by atoms with Crippen molar-refractivity contribution < 1.29 is 9.90 Å². The van der Waals surface area contributed by atoms with Crippen LogP contribution in [-0.4, -0.2) is 15.4 Å². The zero-order valence-electron chi connectivity index (χ0n) is 6.95. The Hall–Kier alpha value is -0.680. The van der Waals surface area contributed by atoms with Crippen molar-refractivity contribution in [1.29, 1.82) is 0 Å². The molecule has 5 heteroatoms. The van der Waals surface area contributed by atoms with Crippen molar-refractivity contribution in [1.82, 2.24) is 4.37 Å². The first-order chi connectivity index (χ1) is 6.15. The Kier molecular flexibility index (Phi) is 3.62. The van der Waals surface area contributed by atoms with Crippen LogP contribution in [-0.2, 0) is 4.79 Å². The molecule has 1 heterocycles. The summed E-state index contributed by atoms with van der Waals surface area (Å²) in [6, 6.07) is 0. The van der Waals surface area contributed by atoms with Crippen LogP contribution in [0.4, 0.5) is 0 Å². The maximum absolute atomic E-state index is 10.7. The van der Waals surface area contributed by atoms with E-state index >= 15 is 0 Å². The lowest BCUT2D eigenvalue weighted by Gasteiger charge is -1.95. The van der Waals surface area contributed by atoms with Gasteiger partial charge in [-0.05, 0) is 40.0 Å². The number of carboxylic acids is 1. The summed E-state index contributed by atoms with van der Waals surface area (Å²) >= 11 is 4.56. The summed E-state index contributed by atoms with van der Waals surface area (Å²) in [7, 11) is 0. The van der Waals surface area contributed by atoms with Gasteiger partial charge in [0.1, 0.15) is 0 Å². The summed E-state index contributed by atoms with van der Waals surface area (Å²) in [6.45, 7) is 1.81. The fourth-order valence-corrected chi connectivity index (χ4v) is 1.98. The van der Waals surface area contributed by atoms with Crippen molar-refractivity contribution in [2.75, 3.05) is 0 Å². The predicted octanol–water partition coefficient (Wildman–Crippen LogP) is 2.78. The lowest BCUT2D eigenvalue weighted by atomic mass is 10.2. The first-order valence-electron chi connectivity index (χ1n) is 3.69. The molecule has 0 spiro atoms. The minimum Gasteiger partial charge on any atom is -0.478 e. The van der Waals surface area contributed by atoms with Crippen molar-refractivity contribution in [3.05, 3.63) is 21.1 Å². The summed E-state index contributed by atoms with van der Waals surface area (Å²) in [5, 5.41) is 8.76. The van der Waals surface area contributed by atoms with Crippen LogP contribution in [0.5, 0.6) is 0 Å². The van der Waals surface area contributed by atoms with Crippen LogP contribution in [0.15, 0.2) is 16.2 Å². The molecule has 0 saturated heterocycles. The SMILES string of the molecule is CC/C(=C\c1sncc1Br)C(=O)O. The number of aliphatic carboxylic acids is 1. The van der Waals surface area contributed by atoms with Gasteiger partial charge in [0.05, 0.1) is 15.5 Å². The summed E-state index contributed by atoms with van der Waals surface area (Å²) in [4.78, 5) is 11.5. The van der Waals surface area contributed by atoms with E-state index in [4.69, 9.17) is 5.11 Å². The minimum atomic E-state index is -0.872. The van der Waals surface area contributed by atoms with Gasteiger partial charge in [0, 0.05) is 5.57 Å². The zero-order valence-corrected chi connectivity index (χ0v) is 9.35. The third kappa shape index (κ3) is 2.63. The molecule has 1 N–H and O–H groups in total. The van der Waals surface area contributed by atoms with Gasteiger partial charge in [0.25, 0.3) is 0 Å². The second kappa shape index (κ2) is 4.53. The van der Waals surface area contributed by atoms with Crippen LogP contribution < -0.4 is 0 Å². The Bertz CT molecular complexity index is 346. The van der Waals surface area contributed by atoms with E-state index in [2.05, 4.69) is 20.3 Å². The highest BCUT2D eigenvalue weighted by atomic mass is 79.9. The van der Waals surface area contributed by atoms with Gasteiger partial charge in [0.2, 0.25) is 0 Å². The van der Waals surface area contributed by atoms with Gasteiger partial charge in [-0.25, -0.2) is 4.79 Å². The highest BCUT2D eigenvalue weighted by Gasteiger charge is 2.06. The van der Waals surface area contributed by atoms with Gasteiger partial charge < -0.3 is 5.11 Å². The van der Waals surface area contributed by atoms with Crippen LogP contribution >= 0.6 is 27.5 Å². The number of rotatable bonds is 3. The predicted molar refractivity (Wildman–Crippen MR) is 55.7 cm³/mol. The molecule has 0 fully saturated rings. The maximum atomic E-state index is 10.7. The maximum Gasteiger partial charge on any atom is 0.331 e. The molecule has 1 rings (SSSR count). The molecule has 0 aliphatic heterocycles. The standard InChI is InChI=1S/C8H8BrNO2S/c1-2-5(8(11)12)3-7-6(9)4-10-13-7/h3-4H,2H2,1H3,(H,11,12)/b5-3+. The molecule has 0 saturated carbocycles. The largest absolute Gasteiger partial charge is 0.478 e. The number of carbonyl (C=O) groups is 1. The smallest absolute Gasteiger partial charge is 0.331 e. The lowest BCUT2D eigenvalue weighted by molar-refractivity contribution is -0.132. The fraction of sp³-hybridized carbons (Fsp3) is 0.250. The molecule has 13 heavy (non-hydrogen) atoms. The normalized spacial score (nSPS) is 11.7. The van der Waals surface area contributed by atoms with Gasteiger partial charge in [-0.15, -0.1) is 0 Å². The highest BCUT2D eigenvalue weighted by Crippen LogP contribution is 2.23. The molecule has 0 bridgehead atoms. The zero-order chi connectivity index (χ0) is 9.84. The Morgan fingerprint density at radius 1 is 1.85 bits per heavy atom. The second-order valence-corrected chi connectivity index (χ2v) is 4.05. The van der Waals surface area contributed by atoms with E-state index in [-0.39, 0.29) is 0 Å². The van der Waals surface area contributed by atoms with Gasteiger partial charge in [-0.3, -0.25) is 0 Å². The molecule has 0 radical (unpaired) electrons. The third-order valence-corrected chi connectivity index (χ3v) is 3.15. The molecule has 1 aromatic rings. The molecule has 0 atom stereocenters. The highest BCUT2D eigenvalue weighted by molar-refractivity contribution is 9.10. The van der Waals surface area contributed by atoms with Crippen molar-refractivity contribution in [2.24, 2.45) is 0 Å². The monoisotopic (exact) mass is 261 g/mol. The van der Waals surface area contributed by atoms with E-state index in [9.17, 15) is 4.79 Å². The van der Waals surface area contributed by atoms with Gasteiger partial charge in [-0.1, -0.05) is 6.92 Å². The average Bonchev–Trinajstić information content (AvgIpc) is 2.46. The Morgan fingerprint density at radius 3 is 2.92 bits per heavy atom. The lowest BCUT2D eigenvalue weighted by Crippen LogP contribution is -1.98. The quantitative estimate of drug-likeness (QED) is 0.852. The van der Waals surface area contributed by atoms with Crippen LogP contribution in [0.2, 0.25) is 0 Å². The van der Waals surface area contributed by atoms with Crippen molar-refractivity contribution in [3.8, 4) is 0 Å². The molecule has 3 nitrogen and oxygen atoms in total. The topological polar surface area (TPSA) is 50.2 Å². The van der Waals surface area contributed by atoms with E-state index in [0.717, 1.165) is 9.35 Å². The number of carboxylic acid groups (broad SMARTS) is 1. The molecular weight excluding hydrogens is 254 g/mol. The van der Waals surface area contributed by atoms with Crippen molar-refractivity contribution >= 4 is 39.5 Å². The summed E-state index contributed by atoms with van der Waals surface area (Å²) in [6.07, 6.45) is 3.81. The number of nitrogens with zero attached hydrogens (tertiary/aromatic N) is 1. The van der Waals surface area contributed by atoms with Crippen LogP contribution in [0.3, 0.4) is 0 Å². The molecular formula is C8H8BrNO2S. The third-order valence-electron chi connectivity index (χ3n) is 1.51. The molecule has 0 unspecified atom stereocenters. The first-order valence-corrected chi connectivity index (χ1v) is 5.25. The summed E-state index contributed by atoms with van der Waals surface area (Å²) < 4.78 is 4.76. The van der Waals surface area contributed by atoms with E-state index in [1.54, 1.807) is 12.3 Å². The number of hydrogen-bond donors (Lipinski definition) is 1. The van der Waals surface area contributed by atoms with Crippen molar-refractivity contribution in [2.45, 2.75) is 13.3 Å². The fourth-order valence-electron chi connectivity index (χ4n) is 0.805. The molecule has 0 amide bonds.